The average Bonchev–Trinajstić information content (AvgIpc) is 1.89. The lowest BCUT2D eigenvalue weighted by Gasteiger charge is -1.79. The standard InChI is InChI=1S/C4H6O2.C2H5NO2/c1-3(2)4(5)6;1-2(4)3-5/h1H2,2H3,(H,5,6);5H,1H3,(H,3,4). The molecule has 0 aromatic carbocycles. The van der Waals surface area contributed by atoms with Crippen molar-refractivity contribution in [1.82, 2.24) is 5.48 Å². The minimum Gasteiger partial charge on any atom is -0.478 e. The molecule has 11 heavy (non-hydrogen) atoms. The summed E-state index contributed by atoms with van der Waals surface area (Å²) in [4.78, 5) is 19.1. The van der Waals surface area contributed by atoms with E-state index in [-0.39, 0.29) is 5.57 Å². The Morgan fingerprint density at radius 2 is 1.55 bits per heavy atom. The number of hydroxylamine groups is 1. The smallest absolute Gasteiger partial charge is 0.330 e. The Balaban J connectivity index is 0. The number of hydrogen-bond acceptors (Lipinski definition) is 3. The van der Waals surface area contributed by atoms with Crippen LogP contribution in [0.3, 0.4) is 0 Å². The van der Waals surface area contributed by atoms with Crippen LogP contribution in [0.5, 0.6) is 0 Å². The topological polar surface area (TPSA) is 86.6 Å². The van der Waals surface area contributed by atoms with Gasteiger partial charge in [-0.05, 0) is 6.92 Å². The predicted molar refractivity (Wildman–Crippen MR) is 38.1 cm³/mol. The number of aliphatic carboxylic acids is 1. The van der Waals surface area contributed by atoms with Crippen LogP contribution in [-0.4, -0.2) is 22.2 Å². The van der Waals surface area contributed by atoms with Gasteiger partial charge in [0.1, 0.15) is 0 Å². The summed E-state index contributed by atoms with van der Waals surface area (Å²) in [6.07, 6.45) is 0. The summed E-state index contributed by atoms with van der Waals surface area (Å²) in [5.41, 5.74) is 1.56. The first-order valence-corrected chi connectivity index (χ1v) is 2.71. The third-order valence-electron chi connectivity index (χ3n) is 0.523. The number of carbonyl (C=O) groups is 2. The average molecular weight is 161 g/mol. The molecule has 0 spiro atoms. The molecule has 0 radical (unpaired) electrons. The fourth-order valence-electron chi connectivity index (χ4n) is 0. The molecule has 3 N–H and O–H groups in total. The van der Waals surface area contributed by atoms with Gasteiger partial charge in [0.05, 0.1) is 0 Å². The Labute approximate surface area is 64.3 Å². The van der Waals surface area contributed by atoms with E-state index in [4.69, 9.17) is 10.3 Å². The summed E-state index contributed by atoms with van der Waals surface area (Å²) < 4.78 is 0. The first-order valence-electron chi connectivity index (χ1n) is 2.71. The second kappa shape index (κ2) is 6.76. The van der Waals surface area contributed by atoms with Crippen LogP contribution >= 0.6 is 0 Å². The Morgan fingerprint density at radius 1 is 1.36 bits per heavy atom. The first-order chi connectivity index (χ1) is 4.91. The molecule has 0 fully saturated rings. The van der Waals surface area contributed by atoms with Gasteiger partial charge in [-0.25, -0.2) is 10.3 Å². The van der Waals surface area contributed by atoms with Crippen LogP contribution in [0, 0.1) is 0 Å². The van der Waals surface area contributed by atoms with Gasteiger partial charge in [-0.15, -0.1) is 0 Å². The van der Waals surface area contributed by atoms with Gasteiger partial charge in [-0.1, -0.05) is 6.58 Å². The Kier molecular flexibility index (Phi) is 7.57. The number of amides is 1. The molecule has 0 aliphatic rings. The monoisotopic (exact) mass is 161 g/mol. The van der Waals surface area contributed by atoms with E-state index >= 15 is 0 Å². The van der Waals surface area contributed by atoms with Gasteiger partial charge in [0.2, 0.25) is 5.91 Å². The molecule has 0 aliphatic heterocycles. The number of nitrogens with one attached hydrogen (secondary N) is 1. The van der Waals surface area contributed by atoms with Gasteiger partial charge in [0.25, 0.3) is 0 Å². The van der Waals surface area contributed by atoms with E-state index < -0.39 is 11.9 Å². The second-order valence-electron chi connectivity index (χ2n) is 1.75. The van der Waals surface area contributed by atoms with Crippen LogP contribution in [0.4, 0.5) is 0 Å². The zero-order valence-electron chi connectivity index (χ0n) is 6.42. The van der Waals surface area contributed by atoms with Crippen LogP contribution in [0.15, 0.2) is 12.2 Å². The summed E-state index contributed by atoms with van der Waals surface area (Å²) in [5, 5.41) is 15.4. The van der Waals surface area contributed by atoms with Crippen molar-refractivity contribution in [2.75, 3.05) is 0 Å². The maximum absolute atomic E-state index is 9.60. The Morgan fingerprint density at radius 3 is 1.55 bits per heavy atom. The molecule has 0 heterocycles. The molecule has 0 aromatic heterocycles. The lowest BCUT2D eigenvalue weighted by atomic mass is 10.4. The van der Waals surface area contributed by atoms with Gasteiger partial charge >= 0.3 is 5.97 Å². The van der Waals surface area contributed by atoms with Crippen LogP contribution in [-0.2, 0) is 9.59 Å². The number of hydrogen-bond donors (Lipinski definition) is 3. The van der Waals surface area contributed by atoms with Gasteiger partial charge in [-0.2, -0.15) is 0 Å². The van der Waals surface area contributed by atoms with Crippen molar-refractivity contribution < 1.29 is 19.9 Å². The highest BCUT2D eigenvalue weighted by Crippen LogP contribution is 1.81. The quantitative estimate of drug-likeness (QED) is 0.290. The molecule has 0 bridgehead atoms. The second-order valence-corrected chi connectivity index (χ2v) is 1.75. The third kappa shape index (κ3) is 17.7. The maximum Gasteiger partial charge on any atom is 0.330 e. The molecule has 5 heteroatoms. The van der Waals surface area contributed by atoms with Gasteiger partial charge in [0.15, 0.2) is 0 Å². The van der Waals surface area contributed by atoms with E-state index in [1.165, 1.54) is 19.3 Å². The van der Waals surface area contributed by atoms with E-state index in [0.717, 1.165) is 0 Å². The molecule has 1 amide bonds. The predicted octanol–water partition coefficient (Wildman–Crippen LogP) is 0.159. The Hall–Kier alpha value is -1.36. The van der Waals surface area contributed by atoms with Crippen molar-refractivity contribution in [3.63, 3.8) is 0 Å². The SMILES string of the molecule is C=C(C)C(=O)O.CC(=O)NO. The summed E-state index contributed by atoms with van der Waals surface area (Å²) in [6.45, 7) is 5.82. The van der Waals surface area contributed by atoms with Crippen molar-refractivity contribution in [1.29, 1.82) is 0 Å². The fourth-order valence-corrected chi connectivity index (χ4v) is 0. The number of carboxylic acid groups (broad SMARTS) is 1. The van der Waals surface area contributed by atoms with Gasteiger partial charge < -0.3 is 5.11 Å². The van der Waals surface area contributed by atoms with Gasteiger partial charge in [-0.3, -0.25) is 10.0 Å². The highest BCUT2D eigenvalue weighted by molar-refractivity contribution is 5.84. The minimum absolute atomic E-state index is 0.176. The molecule has 0 aromatic rings. The molecule has 64 valence electrons. The normalized spacial score (nSPS) is 7.18. The largest absolute Gasteiger partial charge is 0.478 e. The fraction of sp³-hybridized carbons (Fsp3) is 0.333. The van der Waals surface area contributed by atoms with Crippen molar-refractivity contribution >= 4 is 11.9 Å². The van der Waals surface area contributed by atoms with Crippen molar-refractivity contribution in [2.45, 2.75) is 13.8 Å². The molecule has 0 saturated carbocycles. The van der Waals surface area contributed by atoms with Crippen molar-refractivity contribution in [3.05, 3.63) is 12.2 Å². The summed E-state index contributed by atoms with van der Waals surface area (Å²) in [5.74, 6) is -1.37. The summed E-state index contributed by atoms with van der Waals surface area (Å²) >= 11 is 0. The lowest BCUT2D eigenvalue weighted by Crippen LogP contribution is -2.12. The third-order valence-corrected chi connectivity index (χ3v) is 0.523. The highest BCUT2D eigenvalue weighted by atomic mass is 16.5. The molecule has 0 aliphatic carbocycles. The summed E-state index contributed by atoms with van der Waals surface area (Å²) in [7, 11) is 0. The zero-order valence-corrected chi connectivity index (χ0v) is 6.42. The van der Waals surface area contributed by atoms with E-state index in [1.54, 1.807) is 0 Å². The molecular formula is C6H11NO4. The molecule has 0 rings (SSSR count). The molecule has 0 atom stereocenters. The van der Waals surface area contributed by atoms with E-state index in [1.807, 2.05) is 0 Å². The molecule has 0 saturated heterocycles. The first kappa shape index (κ1) is 12.3. The lowest BCUT2D eigenvalue weighted by molar-refractivity contribution is -0.132. The molecule has 5 nitrogen and oxygen atoms in total. The van der Waals surface area contributed by atoms with Gasteiger partial charge in [0, 0.05) is 12.5 Å². The molecule has 0 unspecified atom stereocenters. The van der Waals surface area contributed by atoms with Crippen LogP contribution in [0.2, 0.25) is 0 Å². The zero-order chi connectivity index (χ0) is 9.44. The number of carboxylic acids is 1. The number of carbonyl (C=O) groups excluding carboxylic acids is 1. The molecular weight excluding hydrogens is 150 g/mol. The van der Waals surface area contributed by atoms with E-state index in [2.05, 4.69) is 6.58 Å². The van der Waals surface area contributed by atoms with Crippen molar-refractivity contribution in [2.24, 2.45) is 0 Å². The minimum atomic E-state index is -0.935. The summed E-state index contributed by atoms with van der Waals surface area (Å²) in [6, 6.07) is 0. The number of rotatable bonds is 1. The highest BCUT2D eigenvalue weighted by Gasteiger charge is 1.90. The van der Waals surface area contributed by atoms with Crippen LogP contribution in [0.25, 0.3) is 0 Å². The van der Waals surface area contributed by atoms with E-state index in [0.29, 0.717) is 0 Å². The van der Waals surface area contributed by atoms with Crippen LogP contribution in [0.1, 0.15) is 13.8 Å². The maximum atomic E-state index is 9.60. The van der Waals surface area contributed by atoms with Crippen LogP contribution < -0.4 is 5.48 Å². The Bertz CT molecular complexity index is 152. The van der Waals surface area contributed by atoms with Crippen molar-refractivity contribution in [3.8, 4) is 0 Å². The van der Waals surface area contributed by atoms with E-state index in [9.17, 15) is 9.59 Å².